The summed E-state index contributed by atoms with van der Waals surface area (Å²) in [7, 11) is 3.24. The number of benzene rings is 1. The first kappa shape index (κ1) is 15.1. The van der Waals surface area contributed by atoms with Crippen LogP contribution < -0.4 is 9.47 Å². The highest BCUT2D eigenvalue weighted by Crippen LogP contribution is 2.30. The van der Waals surface area contributed by atoms with Gasteiger partial charge in [0, 0.05) is 24.7 Å². The zero-order chi connectivity index (χ0) is 14.5. The van der Waals surface area contributed by atoms with Crippen LogP contribution in [0.2, 0.25) is 0 Å². The van der Waals surface area contributed by atoms with Gasteiger partial charge < -0.3 is 19.5 Å². The van der Waals surface area contributed by atoms with Gasteiger partial charge in [0.25, 0.3) is 0 Å². The maximum Gasteiger partial charge on any atom is 0.128 e. The first-order valence-corrected chi connectivity index (χ1v) is 7.26. The lowest BCUT2D eigenvalue weighted by Gasteiger charge is -2.32. The Balaban J connectivity index is 2.06. The first-order chi connectivity index (χ1) is 9.63. The van der Waals surface area contributed by atoms with Gasteiger partial charge in [-0.25, -0.2) is 0 Å². The molecule has 112 valence electrons. The highest BCUT2D eigenvalue weighted by atomic mass is 16.5. The van der Waals surface area contributed by atoms with Crippen molar-refractivity contribution in [3.05, 3.63) is 23.8 Å². The SMILES string of the molecule is COc1ccc(C(O)CN2CCCC(C)C2)c(OC)c1. The van der Waals surface area contributed by atoms with Crippen LogP contribution in [0.5, 0.6) is 11.5 Å². The number of aliphatic hydroxyl groups is 1. The van der Waals surface area contributed by atoms with E-state index in [1.807, 2.05) is 18.2 Å². The Bertz CT molecular complexity index is 436. The first-order valence-electron chi connectivity index (χ1n) is 7.26. The third kappa shape index (κ3) is 3.64. The highest BCUT2D eigenvalue weighted by Gasteiger charge is 2.21. The van der Waals surface area contributed by atoms with Gasteiger partial charge in [-0.2, -0.15) is 0 Å². The molecule has 0 amide bonds. The molecule has 2 atom stereocenters. The molecule has 1 saturated heterocycles. The third-order valence-corrected chi connectivity index (χ3v) is 3.97. The van der Waals surface area contributed by atoms with Crippen molar-refractivity contribution in [2.75, 3.05) is 33.9 Å². The second-order valence-corrected chi connectivity index (χ2v) is 5.63. The Morgan fingerprint density at radius 2 is 2.15 bits per heavy atom. The van der Waals surface area contributed by atoms with E-state index in [2.05, 4.69) is 11.8 Å². The van der Waals surface area contributed by atoms with Crippen LogP contribution in [0, 0.1) is 5.92 Å². The van der Waals surface area contributed by atoms with E-state index in [1.165, 1.54) is 12.8 Å². The molecule has 1 aromatic rings. The van der Waals surface area contributed by atoms with Crippen molar-refractivity contribution in [1.29, 1.82) is 0 Å². The van der Waals surface area contributed by atoms with Crippen LogP contribution in [0.25, 0.3) is 0 Å². The number of nitrogens with zero attached hydrogens (tertiary/aromatic N) is 1. The lowest BCUT2D eigenvalue weighted by Crippen LogP contribution is -2.37. The largest absolute Gasteiger partial charge is 0.497 e. The van der Waals surface area contributed by atoms with E-state index in [0.717, 1.165) is 24.4 Å². The number of hydrogen-bond acceptors (Lipinski definition) is 4. The van der Waals surface area contributed by atoms with E-state index < -0.39 is 6.10 Å². The molecule has 1 aromatic carbocycles. The van der Waals surface area contributed by atoms with Gasteiger partial charge in [0.05, 0.1) is 20.3 Å². The molecule has 0 aromatic heterocycles. The molecular formula is C16H25NO3. The quantitative estimate of drug-likeness (QED) is 0.899. The number of ether oxygens (including phenoxy) is 2. The molecule has 20 heavy (non-hydrogen) atoms. The van der Waals surface area contributed by atoms with Crippen LogP contribution in [0.3, 0.4) is 0 Å². The summed E-state index contributed by atoms with van der Waals surface area (Å²) in [6.07, 6.45) is 1.98. The van der Waals surface area contributed by atoms with Crippen LogP contribution in [-0.4, -0.2) is 43.9 Å². The summed E-state index contributed by atoms with van der Waals surface area (Å²) < 4.78 is 10.5. The standard InChI is InChI=1S/C16H25NO3/c1-12-5-4-8-17(10-12)11-15(18)14-7-6-13(19-2)9-16(14)20-3/h6-7,9,12,15,18H,4-5,8,10-11H2,1-3H3. The number of methoxy groups -OCH3 is 2. The Labute approximate surface area is 121 Å². The summed E-state index contributed by atoms with van der Waals surface area (Å²) in [5.41, 5.74) is 0.825. The fraction of sp³-hybridized carbons (Fsp3) is 0.625. The van der Waals surface area contributed by atoms with Crippen LogP contribution in [0.4, 0.5) is 0 Å². The summed E-state index contributed by atoms with van der Waals surface area (Å²) in [6.45, 7) is 5.06. The molecule has 1 heterocycles. The highest BCUT2D eigenvalue weighted by molar-refractivity contribution is 5.42. The van der Waals surface area contributed by atoms with Gasteiger partial charge in [-0.15, -0.1) is 0 Å². The maximum absolute atomic E-state index is 10.5. The monoisotopic (exact) mass is 279 g/mol. The Kier molecular flexibility index (Phi) is 5.26. The Hall–Kier alpha value is -1.26. The molecule has 0 aliphatic carbocycles. The molecule has 0 spiro atoms. The molecule has 4 heteroatoms. The predicted octanol–water partition coefficient (Wildman–Crippen LogP) is 2.47. The molecule has 0 radical (unpaired) electrons. The fourth-order valence-corrected chi connectivity index (χ4v) is 2.89. The van der Waals surface area contributed by atoms with Crippen molar-refractivity contribution in [3.8, 4) is 11.5 Å². The minimum Gasteiger partial charge on any atom is -0.497 e. The average molecular weight is 279 g/mol. The topological polar surface area (TPSA) is 41.9 Å². The van der Waals surface area contributed by atoms with Crippen molar-refractivity contribution >= 4 is 0 Å². The zero-order valence-electron chi connectivity index (χ0n) is 12.6. The molecule has 1 aliphatic rings. The summed E-state index contributed by atoms with van der Waals surface area (Å²) in [5, 5.41) is 10.5. The lowest BCUT2D eigenvalue weighted by atomic mass is 9.99. The normalized spacial score (nSPS) is 21.5. The van der Waals surface area contributed by atoms with Gasteiger partial charge in [0.15, 0.2) is 0 Å². The van der Waals surface area contributed by atoms with Crippen molar-refractivity contribution in [2.45, 2.75) is 25.9 Å². The molecule has 1 fully saturated rings. The van der Waals surface area contributed by atoms with Gasteiger partial charge in [0.1, 0.15) is 11.5 Å². The second kappa shape index (κ2) is 6.95. The minimum atomic E-state index is -0.527. The summed E-state index contributed by atoms with van der Waals surface area (Å²) in [6, 6.07) is 5.56. The second-order valence-electron chi connectivity index (χ2n) is 5.63. The van der Waals surface area contributed by atoms with Crippen LogP contribution in [-0.2, 0) is 0 Å². The lowest BCUT2D eigenvalue weighted by molar-refractivity contribution is 0.0859. The van der Waals surface area contributed by atoms with Crippen LogP contribution >= 0.6 is 0 Å². The fourth-order valence-electron chi connectivity index (χ4n) is 2.89. The van der Waals surface area contributed by atoms with Crippen molar-refractivity contribution in [1.82, 2.24) is 4.90 Å². The number of likely N-dealkylation sites (tertiary alicyclic amines) is 1. The number of rotatable bonds is 5. The molecule has 4 nitrogen and oxygen atoms in total. The molecule has 1 N–H and O–H groups in total. The number of β-amino-alcohol motifs (C(OH)–C–C–N with tert-alkyl or cyclic N) is 1. The molecule has 1 aliphatic heterocycles. The summed E-state index contributed by atoms with van der Waals surface area (Å²) in [5.74, 6) is 2.14. The Morgan fingerprint density at radius 3 is 2.80 bits per heavy atom. The van der Waals surface area contributed by atoms with Crippen molar-refractivity contribution < 1.29 is 14.6 Å². The number of aliphatic hydroxyl groups excluding tert-OH is 1. The van der Waals surface area contributed by atoms with E-state index in [9.17, 15) is 5.11 Å². The summed E-state index contributed by atoms with van der Waals surface area (Å²) in [4.78, 5) is 2.34. The predicted molar refractivity (Wildman–Crippen MR) is 79.3 cm³/mol. The average Bonchev–Trinajstić information content (AvgIpc) is 2.46. The minimum absolute atomic E-state index is 0.527. The molecular weight excluding hydrogens is 254 g/mol. The van der Waals surface area contributed by atoms with Crippen LogP contribution in [0.1, 0.15) is 31.4 Å². The van der Waals surface area contributed by atoms with E-state index in [4.69, 9.17) is 9.47 Å². The maximum atomic E-state index is 10.5. The van der Waals surface area contributed by atoms with Gasteiger partial charge in [0.2, 0.25) is 0 Å². The van der Waals surface area contributed by atoms with Gasteiger partial charge in [-0.3, -0.25) is 0 Å². The summed E-state index contributed by atoms with van der Waals surface area (Å²) >= 11 is 0. The van der Waals surface area contributed by atoms with E-state index >= 15 is 0 Å². The third-order valence-electron chi connectivity index (χ3n) is 3.97. The van der Waals surface area contributed by atoms with E-state index in [0.29, 0.717) is 18.2 Å². The smallest absolute Gasteiger partial charge is 0.128 e. The molecule has 2 rings (SSSR count). The van der Waals surface area contributed by atoms with Crippen LogP contribution in [0.15, 0.2) is 18.2 Å². The van der Waals surface area contributed by atoms with Crippen molar-refractivity contribution in [2.24, 2.45) is 5.92 Å². The zero-order valence-corrected chi connectivity index (χ0v) is 12.6. The molecule has 0 saturated carbocycles. The van der Waals surface area contributed by atoms with Gasteiger partial charge in [-0.05, 0) is 37.4 Å². The number of hydrogen-bond donors (Lipinski definition) is 1. The van der Waals surface area contributed by atoms with Crippen molar-refractivity contribution in [3.63, 3.8) is 0 Å². The van der Waals surface area contributed by atoms with Gasteiger partial charge in [-0.1, -0.05) is 6.92 Å². The van der Waals surface area contributed by atoms with E-state index in [-0.39, 0.29) is 0 Å². The van der Waals surface area contributed by atoms with E-state index in [1.54, 1.807) is 14.2 Å². The molecule has 0 bridgehead atoms. The van der Waals surface area contributed by atoms with Gasteiger partial charge >= 0.3 is 0 Å². The number of piperidine rings is 1. The molecule has 2 unspecified atom stereocenters. The Morgan fingerprint density at radius 1 is 1.35 bits per heavy atom.